The second kappa shape index (κ2) is 12.1. The molecule has 2 heterocycles. The number of likely N-dealkylation sites (N-methyl/N-ethyl adjacent to an activating group) is 1. The Morgan fingerprint density at radius 2 is 1.79 bits per heavy atom. The van der Waals surface area contributed by atoms with E-state index < -0.39 is 0 Å². The van der Waals surface area contributed by atoms with Crippen molar-refractivity contribution in [3.8, 4) is 0 Å². The molecule has 1 nitrogen and oxygen atoms in total. The Bertz CT molecular complexity index is 358. The van der Waals surface area contributed by atoms with Crippen molar-refractivity contribution in [2.24, 2.45) is 0 Å². The summed E-state index contributed by atoms with van der Waals surface area (Å²) in [5, 5.41) is 0. The van der Waals surface area contributed by atoms with Crippen molar-refractivity contribution in [1.29, 1.82) is 0 Å². The Labute approximate surface area is 122 Å². The maximum Gasteiger partial charge on any atom is 0.0785 e. The Morgan fingerprint density at radius 3 is 2.26 bits per heavy atom. The average Bonchev–Trinajstić information content (AvgIpc) is 2.81. The van der Waals surface area contributed by atoms with Crippen LogP contribution in [0.15, 0.2) is 19.7 Å². The van der Waals surface area contributed by atoms with Crippen molar-refractivity contribution in [3.05, 3.63) is 40.6 Å². The maximum absolute atomic E-state index is 9.50. The van der Waals surface area contributed by atoms with Crippen LogP contribution in [-0.4, -0.2) is 25.7 Å². The topological polar surface area (TPSA) is 3.24 Å². The molecule has 0 fully saturated rings. The van der Waals surface area contributed by atoms with Crippen molar-refractivity contribution in [2.75, 3.05) is 20.8 Å². The lowest BCUT2D eigenvalue weighted by atomic mass is 10.0. The maximum atomic E-state index is 9.50. The molecule has 0 unspecified atom stereocenters. The Hall–Kier alpha value is -0.930. The zero-order valence-corrected chi connectivity index (χ0v) is 13.9. The Kier molecular flexibility index (Phi) is 13.0. The van der Waals surface area contributed by atoms with E-state index in [9.17, 15) is 4.39 Å². The summed E-state index contributed by atoms with van der Waals surface area (Å²) in [5.41, 5.74) is 3.04. The lowest BCUT2D eigenvalue weighted by Crippen LogP contribution is -2.25. The number of hydrogen-bond acceptors (Lipinski definition) is 2. The summed E-state index contributed by atoms with van der Waals surface area (Å²) in [6.07, 6.45) is 3.19. The fourth-order valence-corrected chi connectivity index (χ4v) is 3.19. The van der Waals surface area contributed by atoms with Gasteiger partial charge in [0.25, 0.3) is 0 Å². The van der Waals surface area contributed by atoms with Gasteiger partial charge in [-0.2, -0.15) is 0 Å². The molecule has 19 heavy (non-hydrogen) atoms. The van der Waals surface area contributed by atoms with E-state index in [1.54, 1.807) is 10.4 Å². The molecule has 0 bridgehead atoms. The van der Waals surface area contributed by atoms with E-state index in [-0.39, 0.29) is 0 Å². The fourth-order valence-electron chi connectivity index (χ4n) is 1.90. The van der Waals surface area contributed by atoms with Crippen LogP contribution in [0.2, 0.25) is 0 Å². The molecule has 0 aromatic carbocycles. The molecule has 2 rings (SSSR count). The zero-order valence-electron chi connectivity index (χ0n) is 13.1. The molecule has 0 aliphatic carbocycles. The van der Waals surface area contributed by atoms with Crippen LogP contribution in [-0.2, 0) is 13.0 Å². The first kappa shape index (κ1) is 20.4. The third kappa shape index (κ3) is 5.70. The largest absolute Gasteiger partial charge is 0.301 e. The van der Waals surface area contributed by atoms with E-state index in [4.69, 9.17) is 0 Å². The summed E-state index contributed by atoms with van der Waals surface area (Å²) in [6.45, 7) is 18.4. The van der Waals surface area contributed by atoms with Crippen molar-refractivity contribution in [2.45, 2.75) is 33.7 Å². The van der Waals surface area contributed by atoms with Gasteiger partial charge in [0, 0.05) is 22.8 Å². The van der Waals surface area contributed by atoms with Crippen LogP contribution in [0.5, 0.6) is 0 Å². The number of alkyl halides is 1. The van der Waals surface area contributed by atoms with Crippen molar-refractivity contribution < 1.29 is 4.39 Å². The van der Waals surface area contributed by atoms with E-state index in [0.29, 0.717) is 7.18 Å². The zero-order chi connectivity index (χ0) is 15.4. The van der Waals surface area contributed by atoms with Gasteiger partial charge in [-0.1, -0.05) is 26.5 Å². The summed E-state index contributed by atoms with van der Waals surface area (Å²) in [5.74, 6) is 0. The van der Waals surface area contributed by atoms with Crippen LogP contribution in [0, 0.1) is 6.92 Å². The molecular formula is C16H28FNS. The summed E-state index contributed by atoms with van der Waals surface area (Å²) in [4.78, 5) is 5.28. The van der Waals surface area contributed by atoms with E-state index in [0.717, 1.165) is 6.54 Å². The molecule has 0 radical (unpaired) electrons. The fraction of sp³-hybridized carbons (Fsp3) is 0.500. The van der Waals surface area contributed by atoms with E-state index in [1.165, 1.54) is 23.4 Å². The Balaban J connectivity index is 0. The lowest BCUT2D eigenvalue weighted by Gasteiger charge is -2.22. The first-order valence-corrected chi connectivity index (χ1v) is 7.34. The standard InChI is InChI=1S/C11H15NS.C2H6.C2H4.CH3F/c1-4-10-8(2)9-5-6-12(3)7-11(9)13-10;3*1-2/h4H,1,5-7H2,2-3H3;1-2H3;1-2H2;1H3. The van der Waals surface area contributed by atoms with Crippen molar-refractivity contribution >= 4 is 17.4 Å². The summed E-state index contributed by atoms with van der Waals surface area (Å²) in [6, 6.07) is 0. The molecule has 1 aliphatic rings. The molecule has 110 valence electrons. The number of hydrogen-bond donors (Lipinski definition) is 0. The third-order valence-corrected chi connectivity index (χ3v) is 4.05. The number of fused-ring (bicyclic) bond motifs is 1. The summed E-state index contributed by atoms with van der Waals surface area (Å²) in [7, 11) is 2.69. The molecule has 1 aromatic rings. The van der Waals surface area contributed by atoms with Gasteiger partial charge in [0.1, 0.15) is 0 Å². The second-order valence-electron chi connectivity index (χ2n) is 3.68. The van der Waals surface area contributed by atoms with Gasteiger partial charge in [-0.15, -0.1) is 24.5 Å². The van der Waals surface area contributed by atoms with Gasteiger partial charge in [0.2, 0.25) is 0 Å². The van der Waals surface area contributed by atoms with Crippen LogP contribution in [0.3, 0.4) is 0 Å². The number of rotatable bonds is 1. The number of nitrogens with zero attached hydrogens (tertiary/aromatic N) is 1. The smallest absolute Gasteiger partial charge is 0.0785 e. The first-order valence-electron chi connectivity index (χ1n) is 6.52. The highest BCUT2D eigenvalue weighted by atomic mass is 32.1. The summed E-state index contributed by atoms with van der Waals surface area (Å²) >= 11 is 1.91. The molecule has 0 saturated heterocycles. The molecule has 0 saturated carbocycles. The Morgan fingerprint density at radius 1 is 1.26 bits per heavy atom. The second-order valence-corrected chi connectivity index (χ2v) is 4.82. The molecule has 1 aliphatic heterocycles. The van der Waals surface area contributed by atoms with Gasteiger partial charge in [0.15, 0.2) is 0 Å². The molecule has 0 spiro atoms. The average molecular weight is 285 g/mol. The van der Waals surface area contributed by atoms with Gasteiger partial charge in [-0.25, -0.2) is 0 Å². The predicted octanol–water partition coefficient (Wildman–Crippen LogP) is 5.10. The van der Waals surface area contributed by atoms with E-state index >= 15 is 0 Å². The number of halogens is 1. The molecule has 0 N–H and O–H groups in total. The van der Waals surface area contributed by atoms with E-state index in [1.807, 2.05) is 31.3 Å². The molecule has 1 aromatic heterocycles. The van der Waals surface area contributed by atoms with Crippen LogP contribution in [0.4, 0.5) is 4.39 Å². The van der Waals surface area contributed by atoms with Gasteiger partial charge < -0.3 is 4.90 Å². The molecular weight excluding hydrogens is 257 g/mol. The van der Waals surface area contributed by atoms with Crippen molar-refractivity contribution in [1.82, 2.24) is 4.90 Å². The van der Waals surface area contributed by atoms with Gasteiger partial charge in [0.05, 0.1) is 7.18 Å². The number of thiophene rings is 1. The summed E-state index contributed by atoms with van der Waals surface area (Å²) < 4.78 is 9.50. The minimum Gasteiger partial charge on any atom is -0.301 e. The molecule has 0 atom stereocenters. The van der Waals surface area contributed by atoms with Crippen LogP contribution >= 0.6 is 11.3 Å². The van der Waals surface area contributed by atoms with E-state index in [2.05, 4.69) is 38.6 Å². The highest BCUT2D eigenvalue weighted by Crippen LogP contribution is 2.32. The first-order chi connectivity index (χ1) is 9.22. The van der Waals surface area contributed by atoms with Crippen LogP contribution in [0.1, 0.15) is 34.7 Å². The lowest BCUT2D eigenvalue weighted by molar-refractivity contribution is 0.317. The highest BCUT2D eigenvalue weighted by Gasteiger charge is 2.18. The third-order valence-electron chi connectivity index (χ3n) is 2.73. The highest BCUT2D eigenvalue weighted by molar-refractivity contribution is 7.13. The van der Waals surface area contributed by atoms with Gasteiger partial charge >= 0.3 is 0 Å². The minimum atomic E-state index is 0.500. The van der Waals surface area contributed by atoms with Gasteiger partial charge in [-0.05, 0) is 31.5 Å². The quantitative estimate of drug-likeness (QED) is 0.649. The van der Waals surface area contributed by atoms with Crippen molar-refractivity contribution in [3.63, 3.8) is 0 Å². The monoisotopic (exact) mass is 285 g/mol. The predicted molar refractivity (Wildman–Crippen MR) is 88.8 cm³/mol. The molecule has 0 amide bonds. The SMILES string of the molecule is C=C.C=Cc1sc2c(c1C)CCN(C)C2.CC.CF. The minimum absolute atomic E-state index is 0.500. The molecule has 3 heteroatoms. The van der Waals surface area contributed by atoms with Crippen LogP contribution in [0.25, 0.3) is 6.08 Å². The van der Waals surface area contributed by atoms with Crippen LogP contribution < -0.4 is 0 Å². The van der Waals surface area contributed by atoms with Gasteiger partial charge in [-0.3, -0.25) is 4.39 Å². The normalized spacial score (nSPS) is 12.5.